The molecular formula is C16H14N2O4. The Bertz CT molecular complexity index is 730. The lowest BCUT2D eigenvalue weighted by Crippen LogP contribution is -2.21. The van der Waals surface area contributed by atoms with Crippen LogP contribution in [0.5, 0.6) is 0 Å². The van der Waals surface area contributed by atoms with E-state index in [1.165, 1.54) is 5.01 Å². The second-order valence-corrected chi connectivity index (χ2v) is 4.82. The third-order valence-corrected chi connectivity index (χ3v) is 3.30. The molecule has 2 aromatic rings. The van der Waals surface area contributed by atoms with Gasteiger partial charge in [0.1, 0.15) is 12.4 Å². The number of benzene rings is 1. The molecule has 0 radical (unpaired) electrons. The minimum absolute atomic E-state index is 0.0974. The average Bonchev–Trinajstić information content (AvgIpc) is 3.12. The number of amides is 1. The van der Waals surface area contributed by atoms with E-state index in [0.29, 0.717) is 22.7 Å². The Morgan fingerprint density at radius 1 is 1.32 bits per heavy atom. The summed E-state index contributed by atoms with van der Waals surface area (Å²) < 4.78 is 5.24. The van der Waals surface area contributed by atoms with E-state index in [1.54, 1.807) is 55.7 Å². The summed E-state index contributed by atoms with van der Waals surface area (Å²) in [4.78, 5) is 16.6. The van der Waals surface area contributed by atoms with E-state index in [9.17, 15) is 4.79 Å². The first-order chi connectivity index (χ1) is 10.7. The zero-order valence-electron chi connectivity index (χ0n) is 11.9. The molecule has 0 bridgehead atoms. The topological polar surface area (TPSA) is 75.3 Å². The summed E-state index contributed by atoms with van der Waals surface area (Å²) in [5.74, 6) is 0.398. The van der Waals surface area contributed by atoms with Crippen molar-refractivity contribution in [2.24, 2.45) is 5.10 Å². The summed E-state index contributed by atoms with van der Waals surface area (Å²) in [7, 11) is 0. The van der Waals surface area contributed by atoms with Crippen LogP contribution in [-0.2, 0) is 16.3 Å². The molecule has 6 nitrogen and oxygen atoms in total. The lowest BCUT2D eigenvalue weighted by atomic mass is 10.1. The van der Waals surface area contributed by atoms with Gasteiger partial charge in [0.05, 0.1) is 23.2 Å². The fraction of sp³-hybridized carbons (Fsp3) is 0.125. The van der Waals surface area contributed by atoms with Gasteiger partial charge in [0.25, 0.3) is 5.91 Å². The SMILES string of the molecule is CC1=NN(c2ccc(COO)cc2)C(=O)C1=Cc1ccco1. The van der Waals surface area contributed by atoms with Gasteiger partial charge in [0, 0.05) is 0 Å². The van der Waals surface area contributed by atoms with Crippen molar-refractivity contribution < 1.29 is 19.4 Å². The fourth-order valence-corrected chi connectivity index (χ4v) is 2.18. The maximum atomic E-state index is 12.5. The summed E-state index contributed by atoms with van der Waals surface area (Å²) in [6.45, 7) is 1.88. The minimum atomic E-state index is -0.208. The second-order valence-electron chi connectivity index (χ2n) is 4.82. The Hall–Kier alpha value is -2.70. The number of rotatable bonds is 4. The molecule has 1 aromatic heterocycles. The van der Waals surface area contributed by atoms with Gasteiger partial charge in [0.15, 0.2) is 0 Å². The molecule has 1 aliphatic rings. The van der Waals surface area contributed by atoms with Crippen LogP contribution in [-0.4, -0.2) is 16.9 Å². The quantitative estimate of drug-likeness (QED) is 0.534. The lowest BCUT2D eigenvalue weighted by molar-refractivity contribution is -0.253. The zero-order valence-corrected chi connectivity index (χ0v) is 11.9. The largest absolute Gasteiger partial charge is 0.465 e. The number of carbonyl (C=O) groups excluding carboxylic acids is 1. The highest BCUT2D eigenvalue weighted by Gasteiger charge is 2.28. The first-order valence-corrected chi connectivity index (χ1v) is 6.69. The van der Waals surface area contributed by atoms with Crippen molar-refractivity contribution in [3.63, 3.8) is 0 Å². The van der Waals surface area contributed by atoms with Gasteiger partial charge in [-0.2, -0.15) is 10.1 Å². The van der Waals surface area contributed by atoms with Crippen LogP contribution in [0, 0.1) is 0 Å². The predicted molar refractivity (Wildman–Crippen MR) is 81.1 cm³/mol. The van der Waals surface area contributed by atoms with Crippen molar-refractivity contribution in [1.29, 1.82) is 0 Å². The van der Waals surface area contributed by atoms with Crippen LogP contribution >= 0.6 is 0 Å². The molecule has 3 rings (SSSR count). The van der Waals surface area contributed by atoms with Gasteiger partial charge in [-0.15, -0.1) is 0 Å². The van der Waals surface area contributed by atoms with Crippen molar-refractivity contribution in [2.75, 3.05) is 5.01 Å². The number of nitrogens with zero attached hydrogens (tertiary/aromatic N) is 2. The van der Waals surface area contributed by atoms with Crippen LogP contribution in [0.4, 0.5) is 5.69 Å². The highest BCUT2D eigenvalue weighted by molar-refractivity contribution is 6.32. The number of furan rings is 1. The van der Waals surface area contributed by atoms with Gasteiger partial charge in [-0.3, -0.25) is 10.1 Å². The van der Waals surface area contributed by atoms with Crippen molar-refractivity contribution in [3.8, 4) is 0 Å². The highest BCUT2D eigenvalue weighted by Crippen LogP contribution is 2.25. The second kappa shape index (κ2) is 5.97. The van der Waals surface area contributed by atoms with Crippen LogP contribution in [0.15, 0.2) is 57.8 Å². The number of anilines is 1. The van der Waals surface area contributed by atoms with Crippen molar-refractivity contribution in [1.82, 2.24) is 0 Å². The van der Waals surface area contributed by atoms with Gasteiger partial charge in [0.2, 0.25) is 0 Å². The van der Waals surface area contributed by atoms with E-state index in [1.807, 2.05) is 0 Å². The molecule has 0 aliphatic carbocycles. The molecule has 0 saturated heterocycles. The Labute approximate surface area is 126 Å². The van der Waals surface area contributed by atoms with Crippen molar-refractivity contribution in [3.05, 3.63) is 59.6 Å². The average molecular weight is 298 g/mol. The predicted octanol–water partition coefficient (Wildman–Crippen LogP) is 3.08. The Balaban J connectivity index is 1.86. The van der Waals surface area contributed by atoms with E-state index in [-0.39, 0.29) is 12.5 Å². The summed E-state index contributed by atoms with van der Waals surface area (Å²) >= 11 is 0. The Morgan fingerprint density at radius 3 is 2.73 bits per heavy atom. The number of hydrazone groups is 1. The fourth-order valence-electron chi connectivity index (χ4n) is 2.18. The molecule has 6 heteroatoms. The van der Waals surface area contributed by atoms with Crippen molar-refractivity contribution in [2.45, 2.75) is 13.5 Å². The monoisotopic (exact) mass is 298 g/mol. The third-order valence-electron chi connectivity index (χ3n) is 3.30. The van der Waals surface area contributed by atoms with Gasteiger partial charge in [-0.1, -0.05) is 12.1 Å². The minimum Gasteiger partial charge on any atom is -0.465 e. The first-order valence-electron chi connectivity index (χ1n) is 6.69. The molecule has 0 spiro atoms. The molecule has 1 N–H and O–H groups in total. The summed E-state index contributed by atoms with van der Waals surface area (Å²) in [6.07, 6.45) is 3.23. The van der Waals surface area contributed by atoms with Gasteiger partial charge in [-0.25, -0.2) is 4.89 Å². The highest BCUT2D eigenvalue weighted by atomic mass is 17.1. The first kappa shape index (κ1) is 14.2. The maximum absolute atomic E-state index is 12.5. The summed E-state index contributed by atoms with van der Waals surface area (Å²) in [5.41, 5.74) is 2.57. The standard InChI is InChI=1S/C16H14N2O4/c1-11-15(9-14-3-2-8-21-14)16(19)18(17-11)13-6-4-12(5-7-13)10-22-20/h2-9,20H,10H2,1H3. The van der Waals surface area contributed by atoms with Gasteiger partial charge in [-0.05, 0) is 42.8 Å². The van der Waals surface area contributed by atoms with E-state index >= 15 is 0 Å². The van der Waals surface area contributed by atoms with Crippen molar-refractivity contribution >= 4 is 23.4 Å². The number of carbonyl (C=O) groups is 1. The van der Waals surface area contributed by atoms with Crippen LogP contribution in [0.3, 0.4) is 0 Å². The smallest absolute Gasteiger partial charge is 0.280 e. The van der Waals surface area contributed by atoms with Crippen LogP contribution in [0.2, 0.25) is 0 Å². The molecule has 22 heavy (non-hydrogen) atoms. The maximum Gasteiger partial charge on any atom is 0.280 e. The number of hydrogen-bond donors (Lipinski definition) is 1. The molecule has 0 saturated carbocycles. The lowest BCUT2D eigenvalue weighted by Gasteiger charge is -2.12. The van der Waals surface area contributed by atoms with Crippen LogP contribution in [0.1, 0.15) is 18.2 Å². The molecule has 0 fully saturated rings. The Kier molecular flexibility index (Phi) is 3.86. The van der Waals surface area contributed by atoms with E-state index < -0.39 is 0 Å². The molecule has 1 aromatic carbocycles. The molecule has 1 amide bonds. The zero-order chi connectivity index (χ0) is 15.5. The van der Waals surface area contributed by atoms with E-state index in [4.69, 9.17) is 9.67 Å². The van der Waals surface area contributed by atoms with E-state index in [2.05, 4.69) is 9.99 Å². The normalized spacial score (nSPS) is 16.5. The molecule has 0 atom stereocenters. The van der Waals surface area contributed by atoms with Crippen LogP contribution < -0.4 is 5.01 Å². The summed E-state index contributed by atoms with van der Waals surface area (Å²) in [5, 5.41) is 14.1. The molecule has 2 heterocycles. The van der Waals surface area contributed by atoms with Gasteiger partial charge >= 0.3 is 0 Å². The Morgan fingerprint density at radius 2 is 2.09 bits per heavy atom. The summed E-state index contributed by atoms with van der Waals surface area (Å²) in [6, 6.07) is 10.6. The number of hydrogen-bond acceptors (Lipinski definition) is 5. The molecule has 0 unspecified atom stereocenters. The van der Waals surface area contributed by atoms with Gasteiger partial charge < -0.3 is 4.42 Å². The van der Waals surface area contributed by atoms with E-state index in [0.717, 1.165) is 5.56 Å². The molecule has 112 valence electrons. The third kappa shape index (κ3) is 2.69. The molecule has 1 aliphatic heterocycles. The van der Waals surface area contributed by atoms with Crippen LogP contribution in [0.25, 0.3) is 6.08 Å². The molecular weight excluding hydrogens is 284 g/mol.